The summed E-state index contributed by atoms with van der Waals surface area (Å²) >= 11 is 0. The molecule has 0 radical (unpaired) electrons. The first-order chi connectivity index (χ1) is 4.27. The Morgan fingerprint density at radius 2 is 2.00 bits per heavy atom. The average molecular weight is 126 g/mol. The second kappa shape index (κ2) is 5.48. The van der Waals surface area contributed by atoms with E-state index in [1.54, 1.807) is 6.21 Å². The fraction of sp³-hybridized carbons (Fsp3) is 0.714. The maximum Gasteiger partial charge on any atom is 0.0295 e. The lowest BCUT2D eigenvalue weighted by atomic mass is 10.3. The lowest BCUT2D eigenvalue weighted by molar-refractivity contribution is 0.900. The third-order valence-corrected chi connectivity index (χ3v) is 0.696. The minimum absolute atomic E-state index is 0.499. The van der Waals surface area contributed by atoms with Crippen LogP contribution in [0.1, 0.15) is 27.2 Å². The molecule has 0 aromatic heterocycles. The molecule has 0 saturated heterocycles. The predicted molar refractivity (Wildman–Crippen MR) is 42.1 cm³/mol. The molecule has 0 heterocycles. The molecule has 0 spiro atoms. The van der Waals surface area contributed by atoms with E-state index in [0.717, 1.165) is 6.42 Å². The van der Waals surface area contributed by atoms with Gasteiger partial charge in [-0.05, 0) is 12.3 Å². The van der Waals surface area contributed by atoms with Crippen molar-refractivity contribution in [2.75, 3.05) is 0 Å². The Kier molecular flexibility index (Phi) is 5.07. The molecule has 0 fully saturated rings. The first-order valence-electron chi connectivity index (χ1n) is 3.32. The van der Waals surface area contributed by atoms with Crippen molar-refractivity contribution in [3.63, 3.8) is 0 Å². The second-order valence-corrected chi connectivity index (χ2v) is 2.21. The molecule has 9 heavy (non-hydrogen) atoms. The van der Waals surface area contributed by atoms with Crippen LogP contribution in [-0.2, 0) is 0 Å². The first-order valence-corrected chi connectivity index (χ1v) is 3.32. The molecule has 0 aliphatic rings. The zero-order valence-electron chi connectivity index (χ0n) is 6.33. The molecule has 0 unspecified atom stereocenters. The smallest absolute Gasteiger partial charge is 0.0295 e. The molecule has 0 bridgehead atoms. The van der Waals surface area contributed by atoms with Gasteiger partial charge in [-0.25, -0.2) is 0 Å². The summed E-state index contributed by atoms with van der Waals surface area (Å²) in [6, 6.07) is 0. The third-order valence-electron chi connectivity index (χ3n) is 0.696. The quantitative estimate of drug-likeness (QED) is 0.408. The van der Waals surface area contributed by atoms with Crippen molar-refractivity contribution in [3.8, 4) is 0 Å². The van der Waals surface area contributed by atoms with Gasteiger partial charge in [-0.1, -0.05) is 20.8 Å². The van der Waals surface area contributed by atoms with Gasteiger partial charge in [0.05, 0.1) is 0 Å². The van der Waals surface area contributed by atoms with Gasteiger partial charge in [-0.15, -0.1) is 0 Å². The van der Waals surface area contributed by atoms with Crippen molar-refractivity contribution in [3.05, 3.63) is 0 Å². The van der Waals surface area contributed by atoms with E-state index in [9.17, 15) is 0 Å². The Morgan fingerprint density at radius 3 is 2.44 bits per heavy atom. The lowest BCUT2D eigenvalue weighted by Gasteiger charge is -1.86. The van der Waals surface area contributed by atoms with Gasteiger partial charge < -0.3 is 0 Å². The zero-order chi connectivity index (χ0) is 7.11. The van der Waals surface area contributed by atoms with Gasteiger partial charge in [0.2, 0.25) is 0 Å². The van der Waals surface area contributed by atoms with Crippen molar-refractivity contribution in [1.82, 2.24) is 0 Å². The predicted octanol–water partition coefficient (Wildman–Crippen LogP) is 2.11. The summed E-state index contributed by atoms with van der Waals surface area (Å²) < 4.78 is 0. The van der Waals surface area contributed by atoms with Gasteiger partial charge in [0.15, 0.2) is 0 Å². The standard InChI is InChI=1S/C7H14N2/c1-4-5-8-9-6-7(2)3/h5-7H,4H2,1-3H3/b8-5-,9-6+. The van der Waals surface area contributed by atoms with Crippen molar-refractivity contribution in [1.29, 1.82) is 0 Å². The van der Waals surface area contributed by atoms with Gasteiger partial charge in [-0.3, -0.25) is 0 Å². The van der Waals surface area contributed by atoms with Gasteiger partial charge in [0.25, 0.3) is 0 Å². The lowest BCUT2D eigenvalue weighted by Crippen LogP contribution is -1.84. The molecule has 2 nitrogen and oxygen atoms in total. The first kappa shape index (κ1) is 8.34. The molecule has 0 aliphatic heterocycles. The fourth-order valence-corrected chi connectivity index (χ4v) is 0.301. The largest absolute Gasteiger partial charge is 0.164 e. The minimum Gasteiger partial charge on any atom is -0.164 e. The van der Waals surface area contributed by atoms with Crippen LogP contribution in [0.15, 0.2) is 10.2 Å². The highest BCUT2D eigenvalue weighted by molar-refractivity contribution is 5.62. The highest BCUT2D eigenvalue weighted by Crippen LogP contribution is 1.84. The summed E-state index contributed by atoms with van der Waals surface area (Å²) in [4.78, 5) is 0. The van der Waals surface area contributed by atoms with Gasteiger partial charge in [-0.2, -0.15) is 10.2 Å². The van der Waals surface area contributed by atoms with Gasteiger partial charge in [0, 0.05) is 12.4 Å². The molecule has 0 N–H and O–H groups in total. The van der Waals surface area contributed by atoms with Crippen LogP contribution in [0.4, 0.5) is 0 Å². The summed E-state index contributed by atoms with van der Waals surface area (Å²) in [5.74, 6) is 0.499. The van der Waals surface area contributed by atoms with E-state index in [2.05, 4.69) is 24.1 Å². The number of nitrogens with zero attached hydrogens (tertiary/aromatic N) is 2. The number of hydrogen-bond acceptors (Lipinski definition) is 2. The van der Waals surface area contributed by atoms with Crippen molar-refractivity contribution >= 4 is 12.4 Å². The summed E-state index contributed by atoms with van der Waals surface area (Å²) in [5, 5.41) is 7.58. The van der Waals surface area contributed by atoms with E-state index in [1.165, 1.54) is 0 Å². The third kappa shape index (κ3) is 7.34. The molecule has 0 aromatic rings. The molecule has 0 aliphatic carbocycles. The van der Waals surface area contributed by atoms with Crippen LogP contribution in [0.25, 0.3) is 0 Å². The van der Waals surface area contributed by atoms with Crippen molar-refractivity contribution in [2.45, 2.75) is 27.2 Å². The van der Waals surface area contributed by atoms with Crippen molar-refractivity contribution < 1.29 is 0 Å². The highest BCUT2D eigenvalue weighted by Gasteiger charge is 1.80. The van der Waals surface area contributed by atoms with E-state index in [4.69, 9.17) is 0 Å². The SMILES string of the molecule is CC/C=N\N=C\C(C)C. The average Bonchev–Trinajstić information content (AvgIpc) is 1.80. The van der Waals surface area contributed by atoms with Crippen molar-refractivity contribution in [2.24, 2.45) is 16.1 Å². The van der Waals surface area contributed by atoms with E-state index < -0.39 is 0 Å². The molecule has 0 saturated carbocycles. The molecule has 2 heteroatoms. The molecule has 0 aromatic carbocycles. The van der Waals surface area contributed by atoms with Crippen LogP contribution in [-0.4, -0.2) is 12.4 Å². The Morgan fingerprint density at radius 1 is 1.33 bits per heavy atom. The van der Waals surface area contributed by atoms with E-state index >= 15 is 0 Å². The van der Waals surface area contributed by atoms with E-state index in [1.807, 2.05) is 13.1 Å². The van der Waals surface area contributed by atoms with Crippen LogP contribution >= 0.6 is 0 Å². The fourth-order valence-electron chi connectivity index (χ4n) is 0.301. The Bertz CT molecular complexity index is 103. The maximum absolute atomic E-state index is 3.81. The normalized spacial score (nSPS) is 12.4. The number of hydrogen-bond donors (Lipinski definition) is 0. The summed E-state index contributed by atoms with van der Waals surface area (Å²) in [5.41, 5.74) is 0. The Labute approximate surface area is 56.7 Å². The summed E-state index contributed by atoms with van der Waals surface area (Å²) in [7, 11) is 0. The van der Waals surface area contributed by atoms with Crippen LogP contribution in [0.2, 0.25) is 0 Å². The molecule has 52 valence electrons. The van der Waals surface area contributed by atoms with E-state index in [-0.39, 0.29) is 0 Å². The Balaban J connectivity index is 3.35. The molecule has 0 atom stereocenters. The van der Waals surface area contributed by atoms with Gasteiger partial charge in [0.1, 0.15) is 0 Å². The van der Waals surface area contributed by atoms with Gasteiger partial charge >= 0.3 is 0 Å². The molecule has 0 amide bonds. The highest BCUT2D eigenvalue weighted by atomic mass is 15.2. The molecule has 0 rings (SSSR count). The molecular formula is C7H14N2. The summed E-state index contributed by atoms with van der Waals surface area (Å²) in [6.07, 6.45) is 4.57. The summed E-state index contributed by atoms with van der Waals surface area (Å²) in [6.45, 7) is 6.18. The topological polar surface area (TPSA) is 24.7 Å². The number of rotatable bonds is 3. The van der Waals surface area contributed by atoms with Crippen LogP contribution < -0.4 is 0 Å². The second-order valence-electron chi connectivity index (χ2n) is 2.21. The zero-order valence-corrected chi connectivity index (χ0v) is 6.33. The van der Waals surface area contributed by atoms with E-state index in [0.29, 0.717) is 5.92 Å². The maximum atomic E-state index is 3.81. The monoisotopic (exact) mass is 126 g/mol. The van der Waals surface area contributed by atoms with Crippen LogP contribution in [0.3, 0.4) is 0 Å². The van der Waals surface area contributed by atoms with Crippen LogP contribution in [0.5, 0.6) is 0 Å². The van der Waals surface area contributed by atoms with Crippen LogP contribution in [0, 0.1) is 5.92 Å². The minimum atomic E-state index is 0.499. The Hall–Kier alpha value is -0.660. The molecular weight excluding hydrogens is 112 g/mol.